The van der Waals surface area contributed by atoms with E-state index in [2.05, 4.69) is 4.72 Å². The summed E-state index contributed by atoms with van der Waals surface area (Å²) in [5, 5.41) is 10.6. The Bertz CT molecular complexity index is 557. The van der Waals surface area contributed by atoms with E-state index in [4.69, 9.17) is 5.73 Å². The zero-order chi connectivity index (χ0) is 14.6. The normalized spacial score (nSPS) is 13.5. The first-order valence-corrected chi connectivity index (χ1v) is 7.23. The zero-order valence-corrected chi connectivity index (χ0v) is 11.6. The Balaban J connectivity index is 3.06. The molecule has 0 fully saturated rings. The Hall–Kier alpha value is -1.51. The SMILES string of the molecule is CC(C)C(CN)NS(=O)(=O)c1cccc([N+](=O)[O-])c1. The van der Waals surface area contributed by atoms with E-state index in [-0.39, 0.29) is 23.0 Å². The van der Waals surface area contributed by atoms with Crippen molar-refractivity contribution in [2.75, 3.05) is 6.54 Å². The molecule has 0 bridgehead atoms. The Morgan fingerprint density at radius 1 is 1.42 bits per heavy atom. The number of sulfonamides is 1. The molecule has 1 aromatic carbocycles. The molecule has 0 aliphatic rings. The van der Waals surface area contributed by atoms with Gasteiger partial charge in [0.15, 0.2) is 0 Å². The first kappa shape index (κ1) is 15.5. The van der Waals surface area contributed by atoms with Crippen LogP contribution >= 0.6 is 0 Å². The van der Waals surface area contributed by atoms with Crippen molar-refractivity contribution in [2.45, 2.75) is 24.8 Å². The summed E-state index contributed by atoms with van der Waals surface area (Å²) in [6.07, 6.45) is 0. The van der Waals surface area contributed by atoms with Crippen LogP contribution in [0.2, 0.25) is 0 Å². The van der Waals surface area contributed by atoms with Gasteiger partial charge >= 0.3 is 0 Å². The van der Waals surface area contributed by atoms with Gasteiger partial charge in [0.1, 0.15) is 0 Å². The maximum Gasteiger partial charge on any atom is 0.270 e. The number of nitro benzene ring substituents is 1. The molecule has 1 rings (SSSR count). The fourth-order valence-electron chi connectivity index (χ4n) is 1.49. The van der Waals surface area contributed by atoms with Gasteiger partial charge in [-0.3, -0.25) is 10.1 Å². The average Bonchev–Trinajstić information content (AvgIpc) is 2.35. The molecule has 1 atom stereocenters. The van der Waals surface area contributed by atoms with Gasteiger partial charge in [0.2, 0.25) is 10.0 Å². The predicted octanol–water partition coefficient (Wildman–Crippen LogP) is 0.856. The van der Waals surface area contributed by atoms with Crippen molar-refractivity contribution in [2.24, 2.45) is 11.7 Å². The number of nitro groups is 1. The van der Waals surface area contributed by atoms with Gasteiger partial charge in [-0.05, 0) is 12.0 Å². The van der Waals surface area contributed by atoms with Crippen LogP contribution in [-0.2, 0) is 10.0 Å². The maximum atomic E-state index is 12.1. The van der Waals surface area contributed by atoms with Gasteiger partial charge in [0.05, 0.1) is 9.82 Å². The molecular weight excluding hydrogens is 270 g/mol. The summed E-state index contributed by atoms with van der Waals surface area (Å²) < 4.78 is 26.6. The monoisotopic (exact) mass is 287 g/mol. The standard InChI is InChI=1S/C11H17N3O4S/c1-8(2)11(7-12)13-19(17,18)10-5-3-4-9(6-10)14(15)16/h3-6,8,11,13H,7,12H2,1-2H3. The minimum Gasteiger partial charge on any atom is -0.329 e. The fourth-order valence-corrected chi connectivity index (χ4v) is 2.92. The second-order valence-electron chi connectivity index (χ2n) is 4.46. The second kappa shape index (κ2) is 6.09. The van der Waals surface area contributed by atoms with Crippen molar-refractivity contribution in [1.29, 1.82) is 0 Å². The summed E-state index contributed by atoms with van der Waals surface area (Å²) in [5.74, 6) is 0.0264. The summed E-state index contributed by atoms with van der Waals surface area (Å²) in [6, 6.07) is 4.49. The lowest BCUT2D eigenvalue weighted by Crippen LogP contribution is -2.43. The van der Waals surface area contributed by atoms with Crippen molar-refractivity contribution in [3.8, 4) is 0 Å². The molecule has 1 aromatic rings. The third kappa shape index (κ3) is 3.98. The number of benzene rings is 1. The van der Waals surface area contributed by atoms with Crippen LogP contribution in [0.15, 0.2) is 29.2 Å². The van der Waals surface area contributed by atoms with Gasteiger partial charge in [-0.25, -0.2) is 13.1 Å². The molecule has 8 heteroatoms. The van der Waals surface area contributed by atoms with E-state index in [9.17, 15) is 18.5 Å². The minimum absolute atomic E-state index is 0.0264. The van der Waals surface area contributed by atoms with E-state index in [1.807, 2.05) is 13.8 Å². The number of rotatable bonds is 6. The number of hydrogen-bond donors (Lipinski definition) is 2. The zero-order valence-electron chi connectivity index (χ0n) is 10.7. The van der Waals surface area contributed by atoms with E-state index in [1.54, 1.807) is 0 Å². The summed E-state index contributed by atoms with van der Waals surface area (Å²) in [6.45, 7) is 3.84. The Kier molecular flexibility index (Phi) is 4.98. The second-order valence-corrected chi connectivity index (χ2v) is 6.18. The molecule has 0 aliphatic heterocycles. The van der Waals surface area contributed by atoms with E-state index in [1.165, 1.54) is 18.2 Å². The van der Waals surface area contributed by atoms with Gasteiger partial charge in [0, 0.05) is 24.7 Å². The van der Waals surface area contributed by atoms with E-state index in [0.29, 0.717) is 0 Å². The highest BCUT2D eigenvalue weighted by Crippen LogP contribution is 2.18. The molecule has 0 heterocycles. The predicted molar refractivity (Wildman–Crippen MR) is 71.1 cm³/mol. The first-order chi connectivity index (χ1) is 8.77. The molecule has 106 valence electrons. The van der Waals surface area contributed by atoms with Gasteiger partial charge in [-0.2, -0.15) is 0 Å². The van der Waals surface area contributed by atoms with Crippen LogP contribution in [-0.4, -0.2) is 25.9 Å². The number of hydrogen-bond acceptors (Lipinski definition) is 5. The van der Waals surface area contributed by atoms with E-state index < -0.39 is 21.0 Å². The van der Waals surface area contributed by atoms with Crippen molar-refractivity contribution >= 4 is 15.7 Å². The molecule has 3 N–H and O–H groups in total. The number of non-ortho nitro benzene ring substituents is 1. The fraction of sp³-hybridized carbons (Fsp3) is 0.455. The van der Waals surface area contributed by atoms with Crippen LogP contribution in [0.3, 0.4) is 0 Å². The quantitative estimate of drug-likeness (QED) is 0.594. The molecule has 0 saturated carbocycles. The van der Waals surface area contributed by atoms with Crippen molar-refractivity contribution in [3.05, 3.63) is 34.4 Å². The molecule has 19 heavy (non-hydrogen) atoms. The summed E-state index contributed by atoms with van der Waals surface area (Å²) in [7, 11) is -3.81. The average molecular weight is 287 g/mol. The third-order valence-electron chi connectivity index (χ3n) is 2.70. The van der Waals surface area contributed by atoms with E-state index >= 15 is 0 Å². The third-order valence-corrected chi connectivity index (χ3v) is 4.19. The maximum absolute atomic E-state index is 12.1. The smallest absolute Gasteiger partial charge is 0.270 e. The van der Waals surface area contributed by atoms with Crippen molar-refractivity contribution in [3.63, 3.8) is 0 Å². The Morgan fingerprint density at radius 3 is 2.53 bits per heavy atom. The highest BCUT2D eigenvalue weighted by atomic mass is 32.2. The van der Waals surface area contributed by atoms with Crippen LogP contribution in [0.4, 0.5) is 5.69 Å². The van der Waals surface area contributed by atoms with Crippen molar-refractivity contribution < 1.29 is 13.3 Å². The topological polar surface area (TPSA) is 115 Å². The minimum atomic E-state index is -3.81. The molecule has 0 amide bonds. The van der Waals surface area contributed by atoms with Crippen LogP contribution in [0.25, 0.3) is 0 Å². The molecule has 0 radical (unpaired) electrons. The highest BCUT2D eigenvalue weighted by Gasteiger charge is 2.22. The Labute approximate surface area is 112 Å². The van der Waals surface area contributed by atoms with Crippen LogP contribution in [0.1, 0.15) is 13.8 Å². The van der Waals surface area contributed by atoms with Gasteiger partial charge in [-0.1, -0.05) is 19.9 Å². The number of nitrogens with zero attached hydrogens (tertiary/aromatic N) is 1. The molecule has 0 spiro atoms. The Morgan fingerprint density at radius 2 is 2.05 bits per heavy atom. The first-order valence-electron chi connectivity index (χ1n) is 5.74. The van der Waals surface area contributed by atoms with Gasteiger partial charge in [0.25, 0.3) is 5.69 Å². The van der Waals surface area contributed by atoms with E-state index in [0.717, 1.165) is 6.07 Å². The van der Waals surface area contributed by atoms with Crippen molar-refractivity contribution in [1.82, 2.24) is 4.72 Å². The molecule has 7 nitrogen and oxygen atoms in total. The molecule has 1 unspecified atom stereocenters. The molecule has 0 aliphatic carbocycles. The van der Waals surface area contributed by atoms with Crippen LogP contribution in [0.5, 0.6) is 0 Å². The lowest BCUT2D eigenvalue weighted by atomic mass is 10.1. The highest BCUT2D eigenvalue weighted by molar-refractivity contribution is 7.89. The molecule has 0 aromatic heterocycles. The summed E-state index contributed by atoms with van der Waals surface area (Å²) in [5.41, 5.74) is 5.23. The summed E-state index contributed by atoms with van der Waals surface area (Å²) in [4.78, 5) is 9.86. The number of nitrogens with two attached hydrogens (primary N) is 1. The van der Waals surface area contributed by atoms with Crippen LogP contribution in [0, 0.1) is 16.0 Å². The van der Waals surface area contributed by atoms with Gasteiger partial charge in [-0.15, -0.1) is 0 Å². The lowest BCUT2D eigenvalue weighted by molar-refractivity contribution is -0.385. The van der Waals surface area contributed by atoms with Crippen LogP contribution < -0.4 is 10.5 Å². The summed E-state index contributed by atoms with van der Waals surface area (Å²) >= 11 is 0. The van der Waals surface area contributed by atoms with Gasteiger partial charge < -0.3 is 5.73 Å². The lowest BCUT2D eigenvalue weighted by Gasteiger charge is -2.20. The number of nitrogens with one attached hydrogen (secondary N) is 1. The molecular formula is C11H17N3O4S. The molecule has 0 saturated heterocycles. The largest absolute Gasteiger partial charge is 0.329 e.